The maximum Gasteiger partial charge on any atom is 0.256 e. The van der Waals surface area contributed by atoms with Gasteiger partial charge in [0.1, 0.15) is 12.0 Å². The molecule has 0 bridgehead atoms. The number of carbonyl (C=O) groups excluding carboxylic acids is 3. The van der Waals surface area contributed by atoms with Gasteiger partial charge < -0.3 is 10.2 Å². The van der Waals surface area contributed by atoms with E-state index < -0.39 is 17.9 Å². The molecule has 2 N–H and O–H groups in total. The number of hydroxylamine groups is 1. The molecule has 33 heavy (non-hydrogen) atoms. The summed E-state index contributed by atoms with van der Waals surface area (Å²) in [7, 11) is 0. The topological polar surface area (TPSA) is 87.7 Å². The van der Waals surface area contributed by atoms with Crippen LogP contribution in [0, 0.1) is 11.8 Å². The van der Waals surface area contributed by atoms with Crippen molar-refractivity contribution in [3.05, 3.63) is 71.8 Å². The first-order valence-electron chi connectivity index (χ1n) is 11.5. The van der Waals surface area contributed by atoms with E-state index in [2.05, 4.69) is 10.8 Å². The number of benzene rings is 2. The van der Waals surface area contributed by atoms with Crippen LogP contribution in [0.4, 0.5) is 0 Å². The van der Waals surface area contributed by atoms with Crippen molar-refractivity contribution in [3.8, 4) is 0 Å². The molecular formula is C26H33N3O4. The number of amides is 3. The Bertz CT molecular complexity index is 918. The van der Waals surface area contributed by atoms with Gasteiger partial charge in [-0.05, 0) is 36.3 Å². The maximum absolute atomic E-state index is 13.4. The minimum Gasteiger partial charge on any atom is -0.350 e. The van der Waals surface area contributed by atoms with E-state index in [1.807, 2.05) is 74.5 Å². The molecule has 176 valence electrons. The van der Waals surface area contributed by atoms with Gasteiger partial charge in [-0.15, -0.1) is 0 Å². The Hall–Kier alpha value is -3.19. The number of nitrogens with one attached hydrogen (secondary N) is 2. The van der Waals surface area contributed by atoms with Gasteiger partial charge in [0.05, 0.1) is 6.61 Å². The second-order valence-electron chi connectivity index (χ2n) is 8.82. The third-order valence-electron chi connectivity index (χ3n) is 5.72. The second kappa shape index (κ2) is 12.2. The van der Waals surface area contributed by atoms with Gasteiger partial charge in [-0.2, -0.15) is 0 Å². The molecule has 2 atom stereocenters. The molecule has 0 radical (unpaired) electrons. The molecule has 3 amide bonds. The minimum atomic E-state index is -0.900. The van der Waals surface area contributed by atoms with Gasteiger partial charge in [0.2, 0.25) is 11.8 Å². The Labute approximate surface area is 195 Å². The van der Waals surface area contributed by atoms with Gasteiger partial charge >= 0.3 is 0 Å². The van der Waals surface area contributed by atoms with Gasteiger partial charge in [0, 0.05) is 13.1 Å². The maximum atomic E-state index is 13.4. The summed E-state index contributed by atoms with van der Waals surface area (Å²) in [6.45, 7) is 5.01. The Kier molecular flexibility index (Phi) is 9.01. The molecule has 1 aliphatic rings. The summed E-state index contributed by atoms with van der Waals surface area (Å²) >= 11 is 0. The standard InChI is InChI=1S/C26H33N3O4/c1-19(2)16-22(24(30)28-33-18-21-12-7-4-8-13-21)26(32)29-15-9-14-23(29)25(31)27-17-20-10-5-3-6-11-20/h3-8,10-13,19,22-23H,9,14-18H2,1-2H3,(H,27,31)(H,28,30)/t22?,23-/m0/s1. The van der Waals surface area contributed by atoms with Crippen molar-refractivity contribution in [1.29, 1.82) is 0 Å². The van der Waals surface area contributed by atoms with E-state index in [0.717, 1.165) is 17.5 Å². The third-order valence-corrected chi connectivity index (χ3v) is 5.72. The molecule has 7 nitrogen and oxygen atoms in total. The molecule has 1 heterocycles. The van der Waals surface area contributed by atoms with E-state index in [1.165, 1.54) is 0 Å². The van der Waals surface area contributed by atoms with Crippen LogP contribution >= 0.6 is 0 Å². The van der Waals surface area contributed by atoms with Crippen molar-refractivity contribution >= 4 is 17.7 Å². The lowest BCUT2D eigenvalue weighted by molar-refractivity contribution is -0.152. The van der Waals surface area contributed by atoms with E-state index >= 15 is 0 Å². The number of rotatable bonds is 10. The van der Waals surface area contributed by atoms with Crippen molar-refractivity contribution in [2.45, 2.75) is 52.3 Å². The van der Waals surface area contributed by atoms with E-state index in [-0.39, 0.29) is 24.3 Å². The number of likely N-dealkylation sites (tertiary alicyclic amines) is 1. The molecule has 1 unspecified atom stereocenters. The second-order valence-corrected chi connectivity index (χ2v) is 8.82. The molecule has 1 saturated heterocycles. The summed E-state index contributed by atoms with van der Waals surface area (Å²) < 4.78 is 0. The highest BCUT2D eigenvalue weighted by Crippen LogP contribution is 2.23. The lowest BCUT2D eigenvalue weighted by Gasteiger charge is -2.28. The summed E-state index contributed by atoms with van der Waals surface area (Å²) in [4.78, 5) is 46.0. The van der Waals surface area contributed by atoms with Crippen LogP contribution in [-0.2, 0) is 32.4 Å². The Morgan fingerprint density at radius 1 is 1.00 bits per heavy atom. The summed E-state index contributed by atoms with van der Waals surface area (Å²) in [5.41, 5.74) is 4.36. The molecule has 7 heteroatoms. The lowest BCUT2D eigenvalue weighted by Crippen LogP contribution is -2.50. The molecule has 0 aromatic heterocycles. The average Bonchev–Trinajstić information content (AvgIpc) is 3.32. The average molecular weight is 452 g/mol. The summed E-state index contributed by atoms with van der Waals surface area (Å²) in [5.74, 6) is -1.74. The van der Waals surface area contributed by atoms with Crippen LogP contribution in [0.25, 0.3) is 0 Å². The molecular weight excluding hydrogens is 418 g/mol. The predicted molar refractivity (Wildman–Crippen MR) is 125 cm³/mol. The summed E-state index contributed by atoms with van der Waals surface area (Å²) in [6, 6.07) is 18.6. The van der Waals surface area contributed by atoms with Crippen molar-refractivity contribution in [1.82, 2.24) is 15.7 Å². The first kappa shape index (κ1) is 24.5. The van der Waals surface area contributed by atoms with E-state index in [1.54, 1.807) is 4.90 Å². The van der Waals surface area contributed by atoms with Crippen molar-refractivity contribution in [3.63, 3.8) is 0 Å². The molecule has 2 aromatic carbocycles. The van der Waals surface area contributed by atoms with Crippen molar-refractivity contribution in [2.24, 2.45) is 11.8 Å². The van der Waals surface area contributed by atoms with Gasteiger partial charge in [-0.25, -0.2) is 5.48 Å². The smallest absolute Gasteiger partial charge is 0.256 e. The lowest BCUT2D eigenvalue weighted by atomic mass is 9.94. The zero-order chi connectivity index (χ0) is 23.6. The fourth-order valence-corrected chi connectivity index (χ4v) is 4.03. The minimum absolute atomic E-state index is 0.131. The first-order valence-corrected chi connectivity index (χ1v) is 11.5. The highest BCUT2D eigenvalue weighted by atomic mass is 16.6. The van der Waals surface area contributed by atoms with Crippen molar-refractivity contribution < 1.29 is 19.2 Å². The number of hydrogen-bond acceptors (Lipinski definition) is 4. The largest absolute Gasteiger partial charge is 0.350 e. The number of nitrogens with zero attached hydrogens (tertiary/aromatic N) is 1. The van der Waals surface area contributed by atoms with Gasteiger partial charge in [-0.3, -0.25) is 19.2 Å². The summed E-state index contributed by atoms with van der Waals surface area (Å²) in [6.07, 6.45) is 1.71. The molecule has 3 rings (SSSR count). The van der Waals surface area contributed by atoms with Crippen LogP contribution in [0.2, 0.25) is 0 Å². The fraction of sp³-hybridized carbons (Fsp3) is 0.423. The fourth-order valence-electron chi connectivity index (χ4n) is 4.03. The highest BCUT2D eigenvalue weighted by Gasteiger charge is 2.39. The zero-order valence-electron chi connectivity index (χ0n) is 19.3. The molecule has 1 aliphatic heterocycles. The van der Waals surface area contributed by atoms with Crippen LogP contribution in [-0.4, -0.2) is 35.2 Å². The Morgan fingerprint density at radius 3 is 2.27 bits per heavy atom. The number of hydrogen-bond donors (Lipinski definition) is 2. The summed E-state index contributed by atoms with van der Waals surface area (Å²) in [5, 5.41) is 2.93. The molecule has 2 aromatic rings. The molecule has 0 saturated carbocycles. The molecule has 1 fully saturated rings. The normalized spacial score (nSPS) is 16.5. The van der Waals surface area contributed by atoms with Crippen LogP contribution < -0.4 is 10.8 Å². The van der Waals surface area contributed by atoms with Crippen molar-refractivity contribution in [2.75, 3.05) is 6.54 Å². The van der Waals surface area contributed by atoms with E-state index in [9.17, 15) is 14.4 Å². The zero-order valence-corrected chi connectivity index (χ0v) is 19.3. The van der Waals surface area contributed by atoms with E-state index in [0.29, 0.717) is 25.9 Å². The third kappa shape index (κ3) is 7.15. The van der Waals surface area contributed by atoms with Gasteiger partial charge in [0.15, 0.2) is 0 Å². The quantitative estimate of drug-likeness (QED) is 0.429. The van der Waals surface area contributed by atoms with Gasteiger partial charge in [-0.1, -0.05) is 74.5 Å². The van der Waals surface area contributed by atoms with Crippen LogP contribution in [0.1, 0.15) is 44.2 Å². The van der Waals surface area contributed by atoms with Crippen LogP contribution in [0.15, 0.2) is 60.7 Å². The van der Waals surface area contributed by atoms with E-state index in [4.69, 9.17) is 4.84 Å². The molecule has 0 spiro atoms. The predicted octanol–water partition coefficient (Wildman–Crippen LogP) is 3.20. The highest BCUT2D eigenvalue weighted by molar-refractivity contribution is 6.01. The Balaban J connectivity index is 1.60. The Morgan fingerprint density at radius 2 is 1.64 bits per heavy atom. The first-order chi connectivity index (χ1) is 16.0. The van der Waals surface area contributed by atoms with Crippen LogP contribution in [0.3, 0.4) is 0 Å². The number of carbonyl (C=O) groups is 3. The SMILES string of the molecule is CC(C)CC(C(=O)NOCc1ccccc1)C(=O)N1CCC[C@H]1C(=O)NCc1ccccc1. The molecule has 0 aliphatic carbocycles. The van der Waals surface area contributed by atoms with Gasteiger partial charge in [0.25, 0.3) is 5.91 Å². The monoisotopic (exact) mass is 451 g/mol. The van der Waals surface area contributed by atoms with Crippen LogP contribution in [0.5, 0.6) is 0 Å².